The average Bonchev–Trinajstić information content (AvgIpc) is 3.24. The van der Waals surface area contributed by atoms with Crippen LogP contribution in [-0.4, -0.2) is 10.9 Å². The van der Waals surface area contributed by atoms with E-state index in [1.54, 1.807) is 6.92 Å². The van der Waals surface area contributed by atoms with Crippen LogP contribution >= 0.6 is 0 Å². The molecule has 0 fully saturated rings. The molecule has 1 aromatic heterocycles. The van der Waals surface area contributed by atoms with Crippen LogP contribution in [0.4, 0.5) is 0 Å². The van der Waals surface area contributed by atoms with Crippen LogP contribution in [0, 0.1) is 0 Å². The summed E-state index contributed by atoms with van der Waals surface area (Å²) in [6.45, 7) is 13.4. The van der Waals surface area contributed by atoms with Crippen molar-refractivity contribution in [3.05, 3.63) is 82.7 Å². The van der Waals surface area contributed by atoms with Gasteiger partial charge >= 0.3 is 0 Å². The number of Topliss-reactive ketones (excluding diaryl/α,β-unsaturated/α-hetero) is 1. The molecule has 0 saturated carbocycles. The first-order chi connectivity index (χ1) is 14.6. The number of aromatic nitrogens is 1. The predicted octanol–water partition coefficient (Wildman–Crippen LogP) is 6.79. The van der Waals surface area contributed by atoms with Crippen molar-refractivity contribution >= 4 is 5.78 Å². The zero-order chi connectivity index (χ0) is 22.6. The summed E-state index contributed by atoms with van der Waals surface area (Å²) in [6.07, 6.45) is 1.93. The van der Waals surface area contributed by atoms with Gasteiger partial charge in [0.1, 0.15) is 24.4 Å². The minimum Gasteiger partial charge on any atom is -0.489 e. The summed E-state index contributed by atoms with van der Waals surface area (Å²) >= 11 is 0. The Morgan fingerprint density at radius 1 is 1.06 bits per heavy atom. The van der Waals surface area contributed by atoms with Crippen molar-refractivity contribution in [3.8, 4) is 5.75 Å². The minimum atomic E-state index is -0.108. The second kappa shape index (κ2) is 9.51. The second-order valence-electron chi connectivity index (χ2n) is 9.57. The van der Waals surface area contributed by atoms with Crippen molar-refractivity contribution in [2.24, 2.45) is 0 Å². The van der Waals surface area contributed by atoms with Crippen LogP contribution in [0.1, 0.15) is 87.7 Å². The third-order valence-electron chi connectivity index (χ3n) is 5.54. The fraction of sp³-hybridized carbons (Fsp3) is 0.407. The number of ether oxygens (including phenoxy) is 1. The first-order valence-electron chi connectivity index (χ1n) is 10.9. The van der Waals surface area contributed by atoms with E-state index in [1.807, 2.05) is 30.3 Å². The van der Waals surface area contributed by atoms with Gasteiger partial charge in [0, 0.05) is 18.4 Å². The molecule has 0 aliphatic heterocycles. The van der Waals surface area contributed by atoms with E-state index in [9.17, 15) is 4.79 Å². The highest BCUT2D eigenvalue weighted by molar-refractivity contribution is 5.77. The third-order valence-corrected chi connectivity index (χ3v) is 5.54. The quantitative estimate of drug-likeness (QED) is 0.403. The van der Waals surface area contributed by atoms with Gasteiger partial charge < -0.3 is 9.26 Å². The molecule has 164 valence electrons. The van der Waals surface area contributed by atoms with Gasteiger partial charge in [-0.05, 0) is 52.6 Å². The van der Waals surface area contributed by atoms with Crippen molar-refractivity contribution in [1.82, 2.24) is 5.16 Å². The molecule has 0 saturated heterocycles. The van der Waals surface area contributed by atoms with Gasteiger partial charge in [0.05, 0.1) is 5.69 Å². The minimum absolute atomic E-state index is 0.108. The Bertz CT molecular complexity index is 996. The highest BCUT2D eigenvalue weighted by Gasteiger charge is 2.20. The summed E-state index contributed by atoms with van der Waals surface area (Å²) in [5, 5.41) is 4.03. The maximum Gasteiger partial charge on any atom is 0.130 e. The van der Waals surface area contributed by atoms with E-state index in [2.05, 4.69) is 58.0 Å². The summed E-state index contributed by atoms with van der Waals surface area (Å²) in [6, 6.07) is 16.4. The standard InChI is InChI=1S/C27H33NO3/c1-18(2)23-16-20(7-12-25(23)27(4,5)6)17-30-22-10-8-21(9-11-22)24(15-19(3)29)26-13-14-31-28-26/h7-14,16,18,24H,15,17H2,1-6H3/t24-/m0/s1. The molecule has 1 atom stereocenters. The van der Waals surface area contributed by atoms with Gasteiger partial charge in [-0.3, -0.25) is 4.79 Å². The molecule has 1 heterocycles. The Morgan fingerprint density at radius 2 is 1.77 bits per heavy atom. The molecule has 0 bridgehead atoms. The first-order valence-corrected chi connectivity index (χ1v) is 10.9. The molecule has 0 N–H and O–H groups in total. The summed E-state index contributed by atoms with van der Waals surface area (Å²) in [4.78, 5) is 11.7. The summed E-state index contributed by atoms with van der Waals surface area (Å²) in [7, 11) is 0. The number of carbonyl (C=O) groups excluding carboxylic acids is 1. The molecule has 0 radical (unpaired) electrons. The number of hydrogen-bond donors (Lipinski definition) is 0. The van der Waals surface area contributed by atoms with E-state index in [4.69, 9.17) is 9.26 Å². The number of nitrogens with zero attached hydrogens (tertiary/aromatic N) is 1. The Labute approximate surface area is 185 Å². The lowest BCUT2D eigenvalue weighted by atomic mass is 9.80. The van der Waals surface area contributed by atoms with Gasteiger partial charge in [-0.1, -0.05) is 70.1 Å². The van der Waals surface area contributed by atoms with Gasteiger partial charge in [-0.15, -0.1) is 0 Å². The third kappa shape index (κ3) is 5.84. The molecule has 3 rings (SSSR count). The predicted molar refractivity (Wildman–Crippen MR) is 124 cm³/mol. The number of rotatable bonds is 8. The number of ketones is 1. The van der Waals surface area contributed by atoms with E-state index < -0.39 is 0 Å². The molecular weight excluding hydrogens is 386 g/mol. The fourth-order valence-corrected chi connectivity index (χ4v) is 3.91. The Kier molecular flexibility index (Phi) is 6.99. The zero-order valence-corrected chi connectivity index (χ0v) is 19.4. The molecule has 2 aromatic carbocycles. The normalized spacial score (nSPS) is 12.7. The van der Waals surface area contributed by atoms with Crippen molar-refractivity contribution in [1.29, 1.82) is 0 Å². The van der Waals surface area contributed by atoms with Crippen molar-refractivity contribution in [2.75, 3.05) is 0 Å². The van der Waals surface area contributed by atoms with Crippen molar-refractivity contribution < 1.29 is 14.1 Å². The Morgan fingerprint density at radius 3 is 2.32 bits per heavy atom. The van der Waals surface area contributed by atoms with E-state index in [0.29, 0.717) is 18.9 Å². The van der Waals surface area contributed by atoms with E-state index in [1.165, 1.54) is 17.4 Å². The lowest BCUT2D eigenvalue weighted by Gasteiger charge is -2.25. The summed E-state index contributed by atoms with van der Waals surface area (Å²) < 4.78 is 11.0. The van der Waals surface area contributed by atoms with Crippen LogP contribution < -0.4 is 4.74 Å². The zero-order valence-electron chi connectivity index (χ0n) is 19.4. The van der Waals surface area contributed by atoms with Crippen LogP contribution in [0.15, 0.2) is 59.3 Å². The number of hydrogen-bond acceptors (Lipinski definition) is 4. The number of benzene rings is 2. The Balaban J connectivity index is 1.73. The second-order valence-corrected chi connectivity index (χ2v) is 9.57. The molecule has 0 unspecified atom stereocenters. The monoisotopic (exact) mass is 419 g/mol. The van der Waals surface area contributed by atoms with E-state index in [-0.39, 0.29) is 17.1 Å². The maximum atomic E-state index is 11.7. The number of carbonyl (C=O) groups is 1. The molecule has 0 aliphatic carbocycles. The topological polar surface area (TPSA) is 52.3 Å². The molecule has 0 spiro atoms. The lowest BCUT2D eigenvalue weighted by Crippen LogP contribution is -2.15. The summed E-state index contributed by atoms with van der Waals surface area (Å²) in [5.41, 5.74) is 5.84. The highest BCUT2D eigenvalue weighted by atomic mass is 16.5. The molecule has 3 aromatic rings. The average molecular weight is 420 g/mol. The van der Waals surface area contributed by atoms with Crippen molar-refractivity contribution in [3.63, 3.8) is 0 Å². The lowest BCUT2D eigenvalue weighted by molar-refractivity contribution is -0.117. The van der Waals surface area contributed by atoms with Crippen LogP contribution in [0.3, 0.4) is 0 Å². The van der Waals surface area contributed by atoms with Gasteiger partial charge in [0.25, 0.3) is 0 Å². The molecular formula is C27H33NO3. The fourth-order valence-electron chi connectivity index (χ4n) is 3.91. The highest BCUT2D eigenvalue weighted by Crippen LogP contribution is 2.32. The molecule has 4 heteroatoms. The Hall–Kier alpha value is -2.88. The molecule has 0 amide bonds. The SMILES string of the molecule is CC(=O)C[C@@H](c1ccc(OCc2ccc(C(C)(C)C)c(C(C)C)c2)cc1)c1ccon1. The van der Waals surface area contributed by atoms with Gasteiger partial charge in [0.2, 0.25) is 0 Å². The van der Waals surface area contributed by atoms with E-state index in [0.717, 1.165) is 22.6 Å². The largest absolute Gasteiger partial charge is 0.489 e. The smallest absolute Gasteiger partial charge is 0.130 e. The first kappa shape index (κ1) is 22.8. The summed E-state index contributed by atoms with van der Waals surface area (Å²) in [5.74, 6) is 1.27. The van der Waals surface area contributed by atoms with Gasteiger partial charge in [-0.2, -0.15) is 0 Å². The van der Waals surface area contributed by atoms with Crippen LogP contribution in [0.5, 0.6) is 5.75 Å². The molecule has 0 aliphatic rings. The van der Waals surface area contributed by atoms with Gasteiger partial charge in [-0.25, -0.2) is 0 Å². The molecule has 31 heavy (non-hydrogen) atoms. The maximum absolute atomic E-state index is 11.7. The van der Waals surface area contributed by atoms with Crippen LogP contribution in [-0.2, 0) is 16.8 Å². The molecule has 4 nitrogen and oxygen atoms in total. The van der Waals surface area contributed by atoms with Crippen LogP contribution in [0.25, 0.3) is 0 Å². The van der Waals surface area contributed by atoms with E-state index >= 15 is 0 Å². The van der Waals surface area contributed by atoms with Gasteiger partial charge in [0.15, 0.2) is 0 Å². The van der Waals surface area contributed by atoms with Crippen LogP contribution in [0.2, 0.25) is 0 Å². The van der Waals surface area contributed by atoms with Crippen molar-refractivity contribution in [2.45, 2.75) is 71.8 Å².